The minimum Gasteiger partial charge on any atom is -0.0616 e. The van der Waals surface area contributed by atoms with Crippen LogP contribution in [-0.2, 0) is 0 Å². The molecule has 0 fully saturated rings. The van der Waals surface area contributed by atoms with E-state index in [9.17, 15) is 0 Å². The van der Waals surface area contributed by atoms with Crippen LogP contribution in [-0.4, -0.2) is 0 Å². The number of hydrogen-bond acceptors (Lipinski definition) is 0. The van der Waals surface area contributed by atoms with Crippen LogP contribution in [0.5, 0.6) is 0 Å². The van der Waals surface area contributed by atoms with Crippen molar-refractivity contribution in [3.8, 4) is 0 Å². The van der Waals surface area contributed by atoms with Crippen molar-refractivity contribution < 1.29 is 0 Å². The van der Waals surface area contributed by atoms with Crippen molar-refractivity contribution >= 4 is 44.6 Å². The molecule has 0 spiro atoms. The summed E-state index contributed by atoms with van der Waals surface area (Å²) in [4.78, 5) is 0. The predicted octanol–water partition coefficient (Wildman–Crippen LogP) is 3.85. The lowest BCUT2D eigenvalue weighted by atomic mass is 10.2. The summed E-state index contributed by atoms with van der Waals surface area (Å²) in [7, 11) is 0. The van der Waals surface area contributed by atoms with Crippen molar-refractivity contribution in [1.82, 2.24) is 0 Å². The third kappa shape index (κ3) is 2.09. The lowest BCUT2D eigenvalue weighted by Gasteiger charge is -1.94. The predicted molar refractivity (Wildman–Crippen MR) is 57.2 cm³/mol. The Labute approximate surface area is 82.6 Å². The smallest absolute Gasteiger partial charge is 0.0247 e. The molecule has 1 aromatic carbocycles. The molecule has 0 nitrogen and oxygen atoms in total. The highest BCUT2D eigenvalue weighted by Crippen LogP contribution is 2.17. The van der Waals surface area contributed by atoms with Gasteiger partial charge in [-0.3, -0.25) is 0 Å². The SMILES string of the molecule is Brc1ccccc1/C=C\I. The summed E-state index contributed by atoms with van der Waals surface area (Å²) in [6, 6.07) is 8.14. The van der Waals surface area contributed by atoms with Crippen LogP contribution in [0.4, 0.5) is 0 Å². The minimum atomic E-state index is 1.14. The Kier molecular flexibility index (Phi) is 3.42. The summed E-state index contributed by atoms with van der Waals surface area (Å²) in [6.07, 6.45) is 2.06. The van der Waals surface area contributed by atoms with Crippen LogP contribution in [0.25, 0.3) is 6.08 Å². The minimum absolute atomic E-state index is 1.14. The van der Waals surface area contributed by atoms with E-state index in [2.05, 4.69) is 50.7 Å². The second-order valence-corrected chi connectivity index (χ2v) is 3.39. The molecule has 0 aromatic heterocycles. The second-order valence-electron chi connectivity index (χ2n) is 1.81. The first-order valence-corrected chi connectivity index (χ1v) is 4.90. The van der Waals surface area contributed by atoms with Gasteiger partial charge in [0, 0.05) is 4.47 Å². The van der Waals surface area contributed by atoms with Gasteiger partial charge in [0.05, 0.1) is 0 Å². The second kappa shape index (κ2) is 4.13. The van der Waals surface area contributed by atoms with Crippen LogP contribution in [0.2, 0.25) is 0 Å². The molecule has 0 N–H and O–H groups in total. The van der Waals surface area contributed by atoms with Crippen LogP contribution in [0.1, 0.15) is 5.56 Å². The molecule has 52 valence electrons. The number of hydrogen-bond donors (Lipinski definition) is 0. The Morgan fingerprint density at radius 3 is 2.60 bits per heavy atom. The summed E-state index contributed by atoms with van der Waals surface area (Å²) < 4.78 is 3.14. The fourth-order valence-corrected chi connectivity index (χ4v) is 1.48. The normalized spacial score (nSPS) is 10.6. The van der Waals surface area contributed by atoms with Crippen LogP contribution in [0, 0.1) is 0 Å². The highest BCUT2D eigenvalue weighted by Gasteiger charge is 1.90. The average Bonchev–Trinajstić information content (AvgIpc) is 1.94. The molecule has 2 heteroatoms. The topological polar surface area (TPSA) is 0 Å². The zero-order valence-corrected chi connectivity index (χ0v) is 8.96. The van der Waals surface area contributed by atoms with Crippen molar-refractivity contribution in [3.05, 3.63) is 38.4 Å². The molecule has 0 bridgehead atoms. The van der Waals surface area contributed by atoms with Crippen molar-refractivity contribution in [2.75, 3.05) is 0 Å². The summed E-state index contributed by atoms with van der Waals surface area (Å²) in [5.41, 5.74) is 1.22. The van der Waals surface area contributed by atoms with E-state index in [1.807, 2.05) is 22.3 Å². The standard InChI is InChI=1S/C8H6BrI/c9-8-4-2-1-3-7(8)5-6-10/h1-6H/b6-5-. The Bertz CT molecular complexity index is 243. The van der Waals surface area contributed by atoms with Crippen LogP contribution >= 0.6 is 38.5 Å². The molecule has 10 heavy (non-hydrogen) atoms. The summed E-state index contributed by atoms with van der Waals surface area (Å²) in [6.45, 7) is 0. The molecule has 0 saturated heterocycles. The molecule has 1 rings (SSSR count). The van der Waals surface area contributed by atoms with Gasteiger partial charge in [0.2, 0.25) is 0 Å². The van der Waals surface area contributed by atoms with E-state index >= 15 is 0 Å². The number of halogens is 2. The van der Waals surface area contributed by atoms with Gasteiger partial charge in [-0.1, -0.05) is 56.7 Å². The highest BCUT2D eigenvalue weighted by molar-refractivity contribution is 14.1. The van der Waals surface area contributed by atoms with Crippen molar-refractivity contribution in [1.29, 1.82) is 0 Å². The molecule has 1 aromatic rings. The van der Waals surface area contributed by atoms with E-state index in [0.29, 0.717) is 0 Å². The molecule has 0 saturated carbocycles. The van der Waals surface area contributed by atoms with E-state index in [-0.39, 0.29) is 0 Å². The van der Waals surface area contributed by atoms with Crippen LogP contribution in [0.15, 0.2) is 32.8 Å². The lowest BCUT2D eigenvalue weighted by molar-refractivity contribution is 1.61. The number of rotatable bonds is 1. The first-order valence-electron chi connectivity index (χ1n) is 2.86. The van der Waals surface area contributed by atoms with E-state index in [4.69, 9.17) is 0 Å². The fraction of sp³-hybridized carbons (Fsp3) is 0. The maximum Gasteiger partial charge on any atom is 0.0247 e. The Morgan fingerprint density at radius 2 is 2.00 bits per heavy atom. The molecular formula is C8H6BrI. The largest absolute Gasteiger partial charge is 0.0616 e. The van der Waals surface area contributed by atoms with E-state index in [1.54, 1.807) is 0 Å². The first-order chi connectivity index (χ1) is 4.84. The molecule has 0 radical (unpaired) electrons. The van der Waals surface area contributed by atoms with Gasteiger partial charge in [-0.15, -0.1) is 0 Å². The molecular weight excluding hydrogens is 303 g/mol. The molecule has 0 amide bonds. The summed E-state index contributed by atoms with van der Waals surface area (Å²) >= 11 is 5.65. The lowest BCUT2D eigenvalue weighted by Crippen LogP contribution is -1.70. The van der Waals surface area contributed by atoms with Crippen LogP contribution < -0.4 is 0 Å². The van der Waals surface area contributed by atoms with Gasteiger partial charge in [-0.25, -0.2) is 0 Å². The highest BCUT2D eigenvalue weighted by atomic mass is 127. The van der Waals surface area contributed by atoms with Gasteiger partial charge in [-0.2, -0.15) is 0 Å². The van der Waals surface area contributed by atoms with Crippen molar-refractivity contribution in [2.24, 2.45) is 0 Å². The summed E-state index contributed by atoms with van der Waals surface area (Å²) in [5.74, 6) is 0. The zero-order valence-electron chi connectivity index (χ0n) is 5.22. The third-order valence-corrected chi connectivity index (χ3v) is 2.23. The molecule has 0 heterocycles. The maximum atomic E-state index is 3.44. The Morgan fingerprint density at radius 1 is 1.30 bits per heavy atom. The van der Waals surface area contributed by atoms with Crippen molar-refractivity contribution in [3.63, 3.8) is 0 Å². The maximum absolute atomic E-state index is 3.44. The van der Waals surface area contributed by atoms with E-state index in [0.717, 1.165) is 4.47 Å². The van der Waals surface area contributed by atoms with Crippen LogP contribution in [0.3, 0.4) is 0 Å². The average molecular weight is 309 g/mol. The quantitative estimate of drug-likeness (QED) is 0.691. The fourth-order valence-electron chi connectivity index (χ4n) is 0.678. The third-order valence-electron chi connectivity index (χ3n) is 1.15. The first kappa shape index (κ1) is 8.27. The molecule has 0 aliphatic carbocycles. The molecule has 0 aliphatic rings. The van der Waals surface area contributed by atoms with Gasteiger partial charge in [-0.05, 0) is 21.8 Å². The van der Waals surface area contributed by atoms with Crippen molar-refractivity contribution in [2.45, 2.75) is 0 Å². The molecule has 0 aliphatic heterocycles. The van der Waals surface area contributed by atoms with Gasteiger partial charge >= 0.3 is 0 Å². The number of benzene rings is 1. The summed E-state index contributed by atoms with van der Waals surface area (Å²) in [5, 5.41) is 0. The zero-order chi connectivity index (χ0) is 7.40. The van der Waals surface area contributed by atoms with Gasteiger partial charge in [0.15, 0.2) is 0 Å². The Hall–Kier alpha value is 0.170. The molecule has 0 atom stereocenters. The van der Waals surface area contributed by atoms with Gasteiger partial charge < -0.3 is 0 Å². The van der Waals surface area contributed by atoms with Gasteiger partial charge in [0.1, 0.15) is 0 Å². The van der Waals surface area contributed by atoms with Gasteiger partial charge in [0.25, 0.3) is 0 Å². The molecule has 0 unspecified atom stereocenters. The Balaban J connectivity index is 3.03. The van der Waals surface area contributed by atoms with E-state index in [1.165, 1.54) is 5.56 Å². The monoisotopic (exact) mass is 308 g/mol. The van der Waals surface area contributed by atoms with E-state index < -0.39 is 0 Å².